The number of carbonyl (C=O) groups is 1. The van der Waals surface area contributed by atoms with Crippen LogP contribution in [0.2, 0.25) is 0 Å². The van der Waals surface area contributed by atoms with Crippen molar-refractivity contribution in [3.8, 4) is 0 Å². The number of ketones is 1. The number of para-hydroxylation sites is 2. The van der Waals surface area contributed by atoms with E-state index in [4.69, 9.17) is 0 Å². The second-order valence-corrected chi connectivity index (χ2v) is 8.83. The first-order valence-electron chi connectivity index (χ1n) is 12.1. The van der Waals surface area contributed by atoms with E-state index in [1.807, 2.05) is 0 Å². The number of hydrogen-bond acceptors (Lipinski definition) is 3. The average molecular weight is 441 g/mol. The number of nitrogens with zero attached hydrogens (tertiary/aromatic N) is 2. The number of fused-ring (bicyclic) bond motifs is 12. The quantitative estimate of drug-likeness (QED) is 0.392. The summed E-state index contributed by atoms with van der Waals surface area (Å²) in [4.78, 5) is 12.5. The Hall–Kier alpha value is -3.47. The molecule has 0 saturated carbocycles. The SMILES string of the molecule is O=C1CCNc2cc[n+](c3ccccc23)CCCCC[n+]2ccc(c3ccccc32)NCC1. The summed E-state index contributed by atoms with van der Waals surface area (Å²) in [5, 5.41) is 9.42. The third kappa shape index (κ3) is 4.82. The number of pyridine rings is 2. The van der Waals surface area contributed by atoms with Crippen LogP contribution in [0.25, 0.3) is 21.8 Å². The van der Waals surface area contributed by atoms with E-state index in [0.29, 0.717) is 25.9 Å². The minimum Gasteiger partial charge on any atom is -0.384 e. The molecule has 4 bridgehead atoms. The molecule has 0 radical (unpaired) electrons. The first kappa shape index (κ1) is 21.4. The molecule has 2 aromatic heterocycles. The summed E-state index contributed by atoms with van der Waals surface area (Å²) in [7, 11) is 0. The molecule has 1 aliphatic rings. The van der Waals surface area contributed by atoms with E-state index in [2.05, 4.69) is 92.8 Å². The lowest BCUT2D eigenvalue weighted by atomic mass is 10.1. The van der Waals surface area contributed by atoms with Crippen molar-refractivity contribution in [1.82, 2.24) is 0 Å². The van der Waals surface area contributed by atoms with Gasteiger partial charge in [-0.05, 0) is 18.6 Å². The van der Waals surface area contributed by atoms with Gasteiger partial charge in [0.2, 0.25) is 11.0 Å². The Morgan fingerprint density at radius 2 is 1.09 bits per heavy atom. The molecule has 2 N–H and O–H groups in total. The molecule has 4 aromatic rings. The van der Waals surface area contributed by atoms with E-state index in [1.165, 1.54) is 28.2 Å². The number of Topliss-reactive ketones (excluding diaryl/α,β-unsaturated/α-hetero) is 1. The number of nitrogens with one attached hydrogen (secondary N) is 2. The Morgan fingerprint density at radius 3 is 1.61 bits per heavy atom. The van der Waals surface area contributed by atoms with Gasteiger partial charge in [-0.15, -0.1) is 0 Å². The molecule has 168 valence electrons. The lowest BCUT2D eigenvalue weighted by Crippen LogP contribution is -2.35. The molecule has 0 spiro atoms. The van der Waals surface area contributed by atoms with Gasteiger partial charge in [0.05, 0.1) is 22.1 Å². The predicted molar refractivity (Wildman–Crippen MR) is 133 cm³/mol. The van der Waals surface area contributed by atoms with E-state index in [0.717, 1.165) is 37.3 Å². The molecule has 3 heterocycles. The van der Waals surface area contributed by atoms with Crippen LogP contribution >= 0.6 is 0 Å². The molecule has 0 saturated heterocycles. The standard InChI is InChI=1S/C28H30N4O/c33-22-12-16-29-25-14-20-31(27-10-4-2-8-23(25)27)18-6-1-7-19-32-21-15-26(30-17-13-22)24-9-3-5-11-28(24)32/h2-5,8-11,14-15,20-21H,1,6-7,12-13,16-19H2/p+2. The van der Waals surface area contributed by atoms with Crippen LogP contribution in [0.3, 0.4) is 0 Å². The fourth-order valence-electron chi connectivity index (χ4n) is 4.81. The Morgan fingerprint density at radius 1 is 0.606 bits per heavy atom. The van der Waals surface area contributed by atoms with Gasteiger partial charge >= 0.3 is 0 Å². The van der Waals surface area contributed by atoms with Gasteiger partial charge in [0.25, 0.3) is 0 Å². The molecule has 5 nitrogen and oxygen atoms in total. The number of hydrogen-bond donors (Lipinski definition) is 2. The second-order valence-electron chi connectivity index (χ2n) is 8.83. The molecule has 33 heavy (non-hydrogen) atoms. The van der Waals surface area contributed by atoms with Gasteiger partial charge in [-0.1, -0.05) is 24.3 Å². The molecule has 0 amide bonds. The Kier molecular flexibility index (Phi) is 6.47. The lowest BCUT2D eigenvalue weighted by molar-refractivity contribution is -0.675. The molecule has 0 aliphatic carbocycles. The topological polar surface area (TPSA) is 48.9 Å². The van der Waals surface area contributed by atoms with Crippen molar-refractivity contribution in [2.24, 2.45) is 0 Å². The summed E-state index contributed by atoms with van der Waals surface area (Å²) in [5.74, 6) is 0.273. The lowest BCUT2D eigenvalue weighted by Gasteiger charge is -2.11. The average Bonchev–Trinajstić information content (AvgIpc) is 2.85. The molecule has 2 aromatic carbocycles. The van der Waals surface area contributed by atoms with Crippen molar-refractivity contribution in [3.63, 3.8) is 0 Å². The Labute approximate surface area is 195 Å². The molecular formula is C28H32N4O+2. The Bertz CT molecular complexity index is 1190. The van der Waals surface area contributed by atoms with Gasteiger partial charge in [-0.2, -0.15) is 9.13 Å². The van der Waals surface area contributed by atoms with Gasteiger partial charge in [0, 0.05) is 63.0 Å². The fraction of sp³-hybridized carbons (Fsp3) is 0.321. The van der Waals surface area contributed by atoms with Gasteiger partial charge in [0.15, 0.2) is 12.4 Å². The highest BCUT2D eigenvalue weighted by atomic mass is 16.1. The molecule has 5 rings (SSSR count). The number of carbonyl (C=O) groups excluding carboxylic acids is 1. The third-order valence-electron chi connectivity index (χ3n) is 6.59. The molecule has 0 atom stereocenters. The van der Waals surface area contributed by atoms with Crippen LogP contribution in [0.15, 0.2) is 73.1 Å². The summed E-state index contributed by atoms with van der Waals surface area (Å²) < 4.78 is 4.71. The van der Waals surface area contributed by atoms with E-state index >= 15 is 0 Å². The van der Waals surface area contributed by atoms with Gasteiger partial charge in [0.1, 0.15) is 18.9 Å². The highest BCUT2D eigenvalue weighted by molar-refractivity contribution is 5.90. The van der Waals surface area contributed by atoms with E-state index in [1.54, 1.807) is 0 Å². The maximum atomic E-state index is 12.5. The van der Waals surface area contributed by atoms with Crippen molar-refractivity contribution in [2.45, 2.75) is 45.2 Å². The maximum Gasteiger partial charge on any atom is 0.214 e. The molecular weight excluding hydrogens is 408 g/mol. The number of aromatic nitrogens is 2. The summed E-state index contributed by atoms with van der Waals surface area (Å²) in [6.45, 7) is 3.32. The monoisotopic (exact) mass is 440 g/mol. The molecule has 5 heteroatoms. The van der Waals surface area contributed by atoms with Crippen LogP contribution in [-0.4, -0.2) is 18.9 Å². The van der Waals surface area contributed by atoms with E-state index in [9.17, 15) is 4.79 Å². The third-order valence-corrected chi connectivity index (χ3v) is 6.59. The van der Waals surface area contributed by atoms with Crippen LogP contribution in [-0.2, 0) is 17.9 Å². The zero-order chi connectivity index (χ0) is 22.5. The van der Waals surface area contributed by atoms with Crippen molar-refractivity contribution in [1.29, 1.82) is 0 Å². The number of aryl methyl sites for hydroxylation is 2. The normalized spacial score (nSPS) is 15.9. The minimum absolute atomic E-state index is 0.273. The maximum absolute atomic E-state index is 12.5. The second kappa shape index (κ2) is 9.99. The van der Waals surface area contributed by atoms with Gasteiger partial charge < -0.3 is 10.6 Å². The van der Waals surface area contributed by atoms with Crippen LogP contribution in [0.5, 0.6) is 0 Å². The molecule has 0 fully saturated rings. The van der Waals surface area contributed by atoms with Crippen molar-refractivity contribution in [2.75, 3.05) is 23.7 Å². The largest absolute Gasteiger partial charge is 0.384 e. The first-order chi connectivity index (χ1) is 16.3. The highest BCUT2D eigenvalue weighted by Gasteiger charge is 2.15. The summed E-state index contributed by atoms with van der Waals surface area (Å²) in [6, 6.07) is 21.4. The highest BCUT2D eigenvalue weighted by Crippen LogP contribution is 2.22. The van der Waals surface area contributed by atoms with Crippen LogP contribution in [0, 0.1) is 0 Å². The molecule has 1 aliphatic heterocycles. The first-order valence-corrected chi connectivity index (χ1v) is 12.1. The van der Waals surface area contributed by atoms with Crippen LogP contribution in [0.4, 0.5) is 11.4 Å². The van der Waals surface area contributed by atoms with Gasteiger partial charge in [-0.3, -0.25) is 4.79 Å². The smallest absolute Gasteiger partial charge is 0.214 e. The van der Waals surface area contributed by atoms with Crippen LogP contribution in [0.1, 0.15) is 32.1 Å². The zero-order valence-electron chi connectivity index (χ0n) is 19.1. The summed E-state index contributed by atoms with van der Waals surface area (Å²) in [5.41, 5.74) is 4.68. The number of benzene rings is 2. The number of rotatable bonds is 0. The predicted octanol–water partition coefficient (Wildman–Crippen LogP) is 4.63. The summed E-state index contributed by atoms with van der Waals surface area (Å²) in [6.07, 6.45) is 8.89. The zero-order valence-corrected chi connectivity index (χ0v) is 19.1. The summed E-state index contributed by atoms with van der Waals surface area (Å²) >= 11 is 0. The van der Waals surface area contributed by atoms with E-state index in [-0.39, 0.29) is 5.78 Å². The van der Waals surface area contributed by atoms with E-state index < -0.39 is 0 Å². The Balaban J connectivity index is 1.40. The van der Waals surface area contributed by atoms with Crippen molar-refractivity contribution < 1.29 is 13.9 Å². The molecule has 0 unspecified atom stereocenters. The van der Waals surface area contributed by atoms with Crippen molar-refractivity contribution in [3.05, 3.63) is 73.1 Å². The fourth-order valence-corrected chi connectivity index (χ4v) is 4.81. The van der Waals surface area contributed by atoms with Gasteiger partial charge in [-0.25, -0.2) is 0 Å². The minimum atomic E-state index is 0.273. The van der Waals surface area contributed by atoms with Crippen molar-refractivity contribution >= 4 is 39.0 Å². The number of anilines is 2. The van der Waals surface area contributed by atoms with Crippen LogP contribution < -0.4 is 19.8 Å².